The molecule has 1 rings (SSSR count). The van der Waals surface area contributed by atoms with Crippen LogP contribution in [0.1, 0.15) is 12.0 Å². The highest BCUT2D eigenvalue weighted by molar-refractivity contribution is 5.82. The Morgan fingerprint density at radius 2 is 2.27 bits per heavy atom. The largest absolute Gasteiger partial charge is 0.383 e. The molecule has 0 unspecified atom stereocenters. The summed E-state index contributed by atoms with van der Waals surface area (Å²) in [4.78, 5) is 17.5. The molecule has 82 valence electrons. The molecule has 1 aromatic heterocycles. The van der Waals surface area contributed by atoms with E-state index in [0.717, 1.165) is 12.1 Å². The first-order valence-corrected chi connectivity index (χ1v) is 4.95. The summed E-state index contributed by atoms with van der Waals surface area (Å²) in [5, 5.41) is 0. The fraction of sp³-hybridized carbons (Fsp3) is 0.455. The van der Waals surface area contributed by atoms with Crippen molar-refractivity contribution >= 4 is 11.6 Å². The number of nitrogens with zero attached hydrogens (tertiary/aromatic N) is 2. The standard InChI is InChI=1S/C11H17N3O/c1-14(2)7-5-10(15)8-9-4-3-6-13-11(9)12/h3-4,6H,5,7-8H2,1-2H3,(H2,12,13). The van der Waals surface area contributed by atoms with Crippen LogP contribution in [0.5, 0.6) is 0 Å². The van der Waals surface area contributed by atoms with Gasteiger partial charge in [-0.05, 0) is 20.2 Å². The van der Waals surface area contributed by atoms with Gasteiger partial charge in [0.1, 0.15) is 11.6 Å². The van der Waals surface area contributed by atoms with Crippen LogP contribution < -0.4 is 5.73 Å². The maximum atomic E-state index is 11.6. The molecule has 0 radical (unpaired) electrons. The first-order chi connectivity index (χ1) is 7.09. The summed E-state index contributed by atoms with van der Waals surface area (Å²) in [6.07, 6.45) is 2.57. The van der Waals surface area contributed by atoms with Crippen LogP contribution in [0.2, 0.25) is 0 Å². The molecule has 4 nitrogen and oxygen atoms in total. The van der Waals surface area contributed by atoms with E-state index >= 15 is 0 Å². The van der Waals surface area contributed by atoms with Crippen LogP contribution in [0.25, 0.3) is 0 Å². The van der Waals surface area contributed by atoms with Crippen LogP contribution in [0.3, 0.4) is 0 Å². The maximum absolute atomic E-state index is 11.6. The highest BCUT2D eigenvalue weighted by atomic mass is 16.1. The SMILES string of the molecule is CN(C)CCC(=O)Cc1cccnc1N. The normalized spacial score (nSPS) is 10.6. The van der Waals surface area contributed by atoms with Gasteiger partial charge in [0, 0.05) is 31.1 Å². The molecule has 0 saturated heterocycles. The predicted octanol–water partition coefficient (Wildman–Crippen LogP) is 0.727. The van der Waals surface area contributed by atoms with Gasteiger partial charge in [-0.3, -0.25) is 4.79 Å². The number of aromatic nitrogens is 1. The van der Waals surface area contributed by atoms with Crippen molar-refractivity contribution in [2.45, 2.75) is 12.8 Å². The lowest BCUT2D eigenvalue weighted by Gasteiger charge is -2.08. The summed E-state index contributed by atoms with van der Waals surface area (Å²) in [7, 11) is 3.90. The molecule has 0 amide bonds. The monoisotopic (exact) mass is 207 g/mol. The molecule has 1 heterocycles. The molecule has 0 bridgehead atoms. The van der Waals surface area contributed by atoms with Crippen molar-refractivity contribution in [2.75, 3.05) is 26.4 Å². The summed E-state index contributed by atoms with van der Waals surface area (Å²) in [5.74, 6) is 0.652. The molecule has 4 heteroatoms. The van der Waals surface area contributed by atoms with E-state index in [4.69, 9.17) is 5.73 Å². The van der Waals surface area contributed by atoms with Gasteiger partial charge in [0.05, 0.1) is 0 Å². The fourth-order valence-corrected chi connectivity index (χ4v) is 1.25. The molecule has 0 saturated carbocycles. The van der Waals surface area contributed by atoms with Gasteiger partial charge in [-0.1, -0.05) is 6.07 Å². The van der Waals surface area contributed by atoms with E-state index in [0.29, 0.717) is 18.7 Å². The molecule has 0 fully saturated rings. The van der Waals surface area contributed by atoms with E-state index < -0.39 is 0 Å². The summed E-state index contributed by atoms with van der Waals surface area (Å²) in [5.41, 5.74) is 6.47. The Kier molecular flexibility index (Phi) is 4.24. The number of rotatable bonds is 5. The molecule has 15 heavy (non-hydrogen) atoms. The zero-order chi connectivity index (χ0) is 11.3. The van der Waals surface area contributed by atoms with E-state index in [1.54, 1.807) is 12.3 Å². The molecule has 0 aliphatic heterocycles. The van der Waals surface area contributed by atoms with E-state index in [1.165, 1.54) is 0 Å². The van der Waals surface area contributed by atoms with Gasteiger partial charge in [0.25, 0.3) is 0 Å². The molecule has 0 aromatic carbocycles. The lowest BCUT2D eigenvalue weighted by Crippen LogP contribution is -2.17. The minimum absolute atomic E-state index is 0.198. The number of pyridine rings is 1. The van der Waals surface area contributed by atoms with Gasteiger partial charge in [-0.2, -0.15) is 0 Å². The summed E-state index contributed by atoms with van der Waals surface area (Å²) >= 11 is 0. The molecular weight excluding hydrogens is 190 g/mol. The van der Waals surface area contributed by atoms with Gasteiger partial charge in [0.2, 0.25) is 0 Å². The summed E-state index contributed by atoms with van der Waals surface area (Å²) in [6.45, 7) is 0.777. The van der Waals surface area contributed by atoms with Gasteiger partial charge in [0.15, 0.2) is 0 Å². The van der Waals surface area contributed by atoms with Gasteiger partial charge in [-0.15, -0.1) is 0 Å². The Bertz CT molecular complexity index is 336. The second-order valence-electron chi connectivity index (χ2n) is 3.82. The third-order valence-electron chi connectivity index (χ3n) is 2.15. The van der Waals surface area contributed by atoms with Crippen LogP contribution in [-0.2, 0) is 11.2 Å². The second-order valence-corrected chi connectivity index (χ2v) is 3.82. The van der Waals surface area contributed by atoms with Crippen LogP contribution in [0.4, 0.5) is 5.82 Å². The molecule has 0 aliphatic rings. The topological polar surface area (TPSA) is 59.2 Å². The Morgan fingerprint density at radius 1 is 1.53 bits per heavy atom. The van der Waals surface area contributed by atoms with Gasteiger partial charge >= 0.3 is 0 Å². The van der Waals surface area contributed by atoms with E-state index in [2.05, 4.69) is 4.98 Å². The van der Waals surface area contributed by atoms with Crippen LogP contribution in [-0.4, -0.2) is 36.3 Å². The first kappa shape index (κ1) is 11.7. The number of hydrogen-bond acceptors (Lipinski definition) is 4. The predicted molar refractivity (Wildman–Crippen MR) is 60.5 cm³/mol. The minimum Gasteiger partial charge on any atom is -0.383 e. The zero-order valence-electron chi connectivity index (χ0n) is 9.23. The van der Waals surface area contributed by atoms with E-state index in [-0.39, 0.29) is 5.78 Å². The lowest BCUT2D eigenvalue weighted by molar-refractivity contribution is -0.118. The minimum atomic E-state index is 0.198. The Hall–Kier alpha value is -1.42. The van der Waals surface area contributed by atoms with Crippen molar-refractivity contribution in [1.29, 1.82) is 0 Å². The van der Waals surface area contributed by atoms with Crippen LogP contribution in [0.15, 0.2) is 18.3 Å². The number of ketones is 1. The highest BCUT2D eigenvalue weighted by Gasteiger charge is 2.07. The Labute approximate surface area is 90.1 Å². The highest BCUT2D eigenvalue weighted by Crippen LogP contribution is 2.08. The number of nitrogen functional groups attached to an aromatic ring is 1. The van der Waals surface area contributed by atoms with Crippen molar-refractivity contribution in [3.63, 3.8) is 0 Å². The van der Waals surface area contributed by atoms with Gasteiger partial charge in [-0.25, -0.2) is 4.98 Å². The summed E-state index contributed by atoms with van der Waals surface area (Å²) in [6, 6.07) is 3.64. The van der Waals surface area contributed by atoms with Crippen molar-refractivity contribution in [1.82, 2.24) is 9.88 Å². The second kappa shape index (κ2) is 5.46. The Morgan fingerprint density at radius 3 is 2.87 bits per heavy atom. The number of carbonyl (C=O) groups is 1. The third kappa shape index (κ3) is 4.08. The summed E-state index contributed by atoms with van der Waals surface area (Å²) < 4.78 is 0. The number of hydrogen-bond donors (Lipinski definition) is 1. The number of carbonyl (C=O) groups excluding carboxylic acids is 1. The zero-order valence-corrected chi connectivity index (χ0v) is 9.23. The molecule has 0 aliphatic carbocycles. The third-order valence-corrected chi connectivity index (χ3v) is 2.15. The average Bonchev–Trinajstić information content (AvgIpc) is 2.18. The first-order valence-electron chi connectivity index (χ1n) is 4.95. The smallest absolute Gasteiger partial charge is 0.138 e. The van der Waals surface area contributed by atoms with Gasteiger partial charge < -0.3 is 10.6 Å². The van der Waals surface area contributed by atoms with E-state index in [9.17, 15) is 4.79 Å². The van der Waals surface area contributed by atoms with Crippen LogP contribution >= 0.6 is 0 Å². The van der Waals surface area contributed by atoms with Crippen molar-refractivity contribution < 1.29 is 4.79 Å². The average molecular weight is 207 g/mol. The maximum Gasteiger partial charge on any atom is 0.138 e. The van der Waals surface area contributed by atoms with Crippen molar-refractivity contribution in [2.24, 2.45) is 0 Å². The molecule has 0 spiro atoms. The number of anilines is 1. The molecule has 2 N–H and O–H groups in total. The lowest BCUT2D eigenvalue weighted by atomic mass is 10.1. The fourth-order valence-electron chi connectivity index (χ4n) is 1.25. The molecule has 1 aromatic rings. The van der Waals surface area contributed by atoms with Crippen molar-refractivity contribution in [3.8, 4) is 0 Å². The van der Waals surface area contributed by atoms with Crippen molar-refractivity contribution in [3.05, 3.63) is 23.9 Å². The molecular formula is C11H17N3O. The molecule has 0 atom stereocenters. The quantitative estimate of drug-likeness (QED) is 0.773. The van der Waals surface area contributed by atoms with Crippen LogP contribution in [0, 0.1) is 0 Å². The number of Topliss-reactive ketones (excluding diaryl/α,β-unsaturated/α-hetero) is 1. The number of nitrogens with two attached hydrogens (primary N) is 1. The Balaban J connectivity index is 2.48. The van der Waals surface area contributed by atoms with E-state index in [1.807, 2.05) is 25.1 Å².